The number of nitrogens with two attached hydrogens (primary N) is 1. The van der Waals surface area contributed by atoms with E-state index in [9.17, 15) is 8.42 Å². The largest absolute Gasteiger partial charge is 0.327 e. The summed E-state index contributed by atoms with van der Waals surface area (Å²) in [7, 11) is -3.65. The van der Waals surface area contributed by atoms with Gasteiger partial charge in [-0.15, -0.1) is 12.4 Å². The van der Waals surface area contributed by atoms with Crippen LogP contribution >= 0.6 is 35.6 Å². The van der Waals surface area contributed by atoms with Crippen LogP contribution < -0.4 is 5.73 Å². The van der Waals surface area contributed by atoms with Crippen LogP contribution in [0.3, 0.4) is 0 Å². The van der Waals surface area contributed by atoms with Gasteiger partial charge in [-0.05, 0) is 30.0 Å². The Labute approximate surface area is 142 Å². The molecule has 2 rings (SSSR count). The molecular weight excluding hydrogens is 355 g/mol. The fraction of sp³-hybridized carbons (Fsp3) is 0.538. The summed E-state index contributed by atoms with van der Waals surface area (Å²) in [4.78, 5) is 0.0536. The Bertz CT molecular complexity index is 620. The molecule has 1 aromatic carbocycles. The second-order valence-corrected chi connectivity index (χ2v) is 8.55. The summed E-state index contributed by atoms with van der Waals surface area (Å²) in [5.41, 5.74) is 5.77. The minimum Gasteiger partial charge on any atom is -0.327 e. The Morgan fingerprint density at radius 3 is 2.52 bits per heavy atom. The third-order valence-electron chi connectivity index (χ3n) is 3.79. The Hall–Kier alpha value is -0.0400. The Kier molecular flexibility index (Phi) is 5.98. The number of rotatable bonds is 2. The van der Waals surface area contributed by atoms with Crippen molar-refractivity contribution in [1.82, 2.24) is 4.31 Å². The molecule has 0 aromatic heterocycles. The van der Waals surface area contributed by atoms with Gasteiger partial charge in [0.05, 0.1) is 5.02 Å². The molecule has 1 unspecified atom stereocenters. The predicted octanol–water partition coefficient (Wildman–Crippen LogP) is 3.16. The van der Waals surface area contributed by atoms with Gasteiger partial charge >= 0.3 is 0 Å². The number of hydrogen-bond donors (Lipinski definition) is 1. The highest BCUT2D eigenvalue weighted by molar-refractivity contribution is 7.89. The first kappa shape index (κ1) is 19.0. The first-order valence-electron chi connectivity index (χ1n) is 6.35. The van der Waals surface area contributed by atoms with Crippen LogP contribution in [0.2, 0.25) is 10.0 Å². The van der Waals surface area contributed by atoms with Crippen molar-refractivity contribution in [3.8, 4) is 0 Å². The maximum Gasteiger partial charge on any atom is 0.244 e. The average Bonchev–Trinajstić information content (AvgIpc) is 2.35. The van der Waals surface area contributed by atoms with Crippen molar-refractivity contribution in [3.05, 3.63) is 28.2 Å². The number of hydrogen-bond acceptors (Lipinski definition) is 3. The van der Waals surface area contributed by atoms with Crippen LogP contribution in [0.4, 0.5) is 0 Å². The molecule has 0 spiro atoms. The molecule has 1 aliphatic heterocycles. The lowest BCUT2D eigenvalue weighted by molar-refractivity contribution is 0.155. The van der Waals surface area contributed by atoms with Gasteiger partial charge in [0, 0.05) is 24.2 Å². The number of piperidine rings is 1. The molecule has 8 heteroatoms. The van der Waals surface area contributed by atoms with Crippen LogP contribution in [-0.4, -0.2) is 31.9 Å². The van der Waals surface area contributed by atoms with Crippen LogP contribution in [0.5, 0.6) is 0 Å². The number of halogens is 3. The molecule has 21 heavy (non-hydrogen) atoms. The normalized spacial score (nSPS) is 22.6. The number of sulfonamides is 1. The summed E-state index contributed by atoms with van der Waals surface area (Å²) in [5.74, 6) is 0. The molecule has 1 aromatic rings. The summed E-state index contributed by atoms with van der Waals surface area (Å²) in [5, 5.41) is 0.531. The van der Waals surface area contributed by atoms with Gasteiger partial charge in [0.2, 0.25) is 10.0 Å². The van der Waals surface area contributed by atoms with Crippen molar-refractivity contribution < 1.29 is 8.42 Å². The second kappa shape index (κ2) is 6.60. The fourth-order valence-electron chi connectivity index (χ4n) is 2.34. The summed E-state index contributed by atoms with van der Waals surface area (Å²) >= 11 is 11.9. The molecule has 0 amide bonds. The van der Waals surface area contributed by atoms with Gasteiger partial charge in [0.25, 0.3) is 0 Å². The molecular formula is C13H19Cl3N2O2S. The Morgan fingerprint density at radius 2 is 1.95 bits per heavy atom. The zero-order chi connectivity index (χ0) is 15.1. The van der Waals surface area contributed by atoms with Gasteiger partial charge in [-0.1, -0.05) is 37.0 Å². The molecule has 2 N–H and O–H groups in total. The van der Waals surface area contributed by atoms with Crippen LogP contribution in [0.1, 0.15) is 20.3 Å². The summed E-state index contributed by atoms with van der Waals surface area (Å²) < 4.78 is 26.8. The van der Waals surface area contributed by atoms with E-state index in [4.69, 9.17) is 28.9 Å². The van der Waals surface area contributed by atoms with Gasteiger partial charge in [0.1, 0.15) is 4.90 Å². The first-order chi connectivity index (χ1) is 9.14. The SMILES string of the molecule is CC1(C)CN(S(=O)(=O)c2cc(Cl)ccc2Cl)CCC1N.Cl. The minimum atomic E-state index is -3.65. The molecule has 1 aliphatic rings. The highest BCUT2D eigenvalue weighted by Crippen LogP contribution is 2.34. The lowest BCUT2D eigenvalue weighted by Crippen LogP contribution is -2.53. The molecule has 4 nitrogen and oxygen atoms in total. The van der Waals surface area contributed by atoms with E-state index in [1.807, 2.05) is 13.8 Å². The second-order valence-electron chi connectivity index (χ2n) is 5.80. The van der Waals surface area contributed by atoms with E-state index in [0.29, 0.717) is 24.5 Å². The molecule has 0 aliphatic carbocycles. The topological polar surface area (TPSA) is 63.4 Å². The lowest BCUT2D eigenvalue weighted by atomic mass is 9.81. The molecule has 1 heterocycles. The average molecular weight is 374 g/mol. The third kappa shape index (κ3) is 3.84. The van der Waals surface area contributed by atoms with E-state index in [0.717, 1.165) is 0 Å². The van der Waals surface area contributed by atoms with E-state index in [1.165, 1.54) is 16.4 Å². The first-order valence-corrected chi connectivity index (χ1v) is 8.55. The van der Waals surface area contributed by atoms with Crippen LogP contribution in [0.25, 0.3) is 0 Å². The van der Waals surface area contributed by atoms with Crippen LogP contribution in [-0.2, 0) is 10.0 Å². The van der Waals surface area contributed by atoms with E-state index >= 15 is 0 Å². The molecule has 120 valence electrons. The summed E-state index contributed by atoms with van der Waals surface area (Å²) in [6.45, 7) is 4.72. The predicted molar refractivity (Wildman–Crippen MR) is 88.8 cm³/mol. The van der Waals surface area contributed by atoms with Crippen molar-refractivity contribution in [3.63, 3.8) is 0 Å². The number of benzene rings is 1. The van der Waals surface area contributed by atoms with Crippen LogP contribution in [0, 0.1) is 5.41 Å². The Balaban J connectivity index is 0.00000220. The van der Waals surface area contributed by atoms with Crippen molar-refractivity contribution in [2.24, 2.45) is 11.1 Å². The maximum atomic E-state index is 12.7. The quantitative estimate of drug-likeness (QED) is 0.866. The van der Waals surface area contributed by atoms with Gasteiger partial charge in [0.15, 0.2) is 0 Å². The molecule has 1 fully saturated rings. The van der Waals surface area contributed by atoms with Gasteiger partial charge in [-0.25, -0.2) is 8.42 Å². The van der Waals surface area contributed by atoms with Crippen molar-refractivity contribution in [1.29, 1.82) is 0 Å². The van der Waals surface area contributed by atoms with E-state index < -0.39 is 10.0 Å². The highest BCUT2D eigenvalue weighted by atomic mass is 35.5. The van der Waals surface area contributed by atoms with Gasteiger partial charge < -0.3 is 5.73 Å². The zero-order valence-corrected chi connectivity index (χ0v) is 15.0. The Morgan fingerprint density at radius 1 is 1.33 bits per heavy atom. The molecule has 0 saturated carbocycles. The standard InChI is InChI=1S/C13H18Cl2N2O2S.ClH/c1-13(2)8-17(6-5-12(13)16)20(18,19)11-7-9(14)3-4-10(11)15;/h3-4,7,12H,5-6,8,16H2,1-2H3;1H. The van der Waals surface area contributed by atoms with Crippen LogP contribution in [0.15, 0.2) is 23.1 Å². The van der Waals surface area contributed by atoms with E-state index in [1.54, 1.807) is 6.07 Å². The van der Waals surface area contributed by atoms with Crippen molar-refractivity contribution in [2.75, 3.05) is 13.1 Å². The van der Waals surface area contributed by atoms with E-state index in [2.05, 4.69) is 0 Å². The smallest absolute Gasteiger partial charge is 0.244 e. The molecule has 1 saturated heterocycles. The van der Waals surface area contributed by atoms with Crippen molar-refractivity contribution >= 4 is 45.6 Å². The summed E-state index contributed by atoms with van der Waals surface area (Å²) in [6.07, 6.45) is 0.629. The van der Waals surface area contributed by atoms with Gasteiger partial charge in [-0.3, -0.25) is 0 Å². The lowest BCUT2D eigenvalue weighted by Gasteiger charge is -2.41. The molecule has 1 atom stereocenters. The minimum absolute atomic E-state index is 0. The third-order valence-corrected chi connectivity index (χ3v) is 6.35. The monoisotopic (exact) mass is 372 g/mol. The zero-order valence-electron chi connectivity index (χ0n) is 11.8. The number of nitrogens with zero attached hydrogens (tertiary/aromatic N) is 1. The molecule has 0 radical (unpaired) electrons. The van der Waals surface area contributed by atoms with Gasteiger partial charge in [-0.2, -0.15) is 4.31 Å². The molecule has 0 bridgehead atoms. The van der Waals surface area contributed by atoms with E-state index in [-0.39, 0.29) is 33.8 Å². The van der Waals surface area contributed by atoms with Crippen molar-refractivity contribution in [2.45, 2.75) is 31.2 Å². The highest BCUT2D eigenvalue weighted by Gasteiger charge is 2.39. The fourth-order valence-corrected chi connectivity index (χ4v) is 4.71. The summed E-state index contributed by atoms with van der Waals surface area (Å²) in [6, 6.07) is 4.45. The maximum absolute atomic E-state index is 12.7.